The Balaban J connectivity index is 1.81. The molecule has 1 N–H and O–H groups in total. The maximum Gasteiger partial charge on any atom is 0.330 e. The van der Waals surface area contributed by atoms with Crippen LogP contribution in [-0.2, 0) is 16.1 Å². The molecule has 1 atom stereocenters. The van der Waals surface area contributed by atoms with E-state index in [4.69, 9.17) is 9.26 Å². The Labute approximate surface area is 111 Å². The second-order valence-corrected chi connectivity index (χ2v) is 4.17. The molecule has 6 nitrogen and oxygen atoms in total. The summed E-state index contributed by atoms with van der Waals surface area (Å²) in [7, 11) is 0. The van der Waals surface area contributed by atoms with E-state index in [1.165, 1.54) is 0 Å². The molecular formula is C10H13F4N3O3. The van der Waals surface area contributed by atoms with Crippen molar-refractivity contribution in [2.24, 2.45) is 0 Å². The van der Waals surface area contributed by atoms with E-state index in [2.05, 4.69) is 20.2 Å². The van der Waals surface area contributed by atoms with Crippen LogP contribution in [0.1, 0.15) is 17.8 Å². The van der Waals surface area contributed by atoms with E-state index in [0.717, 1.165) is 0 Å². The maximum absolute atomic E-state index is 12.6. The highest BCUT2D eigenvalue weighted by Crippen LogP contribution is 2.23. The number of halogens is 4. The van der Waals surface area contributed by atoms with E-state index in [1.54, 1.807) is 0 Å². The summed E-state index contributed by atoms with van der Waals surface area (Å²) in [6.07, 6.45) is -4.18. The van der Waals surface area contributed by atoms with Crippen LogP contribution in [0.4, 0.5) is 17.6 Å². The second kappa shape index (κ2) is 6.46. The van der Waals surface area contributed by atoms with Crippen LogP contribution in [0.15, 0.2) is 4.52 Å². The molecule has 1 saturated heterocycles. The lowest BCUT2D eigenvalue weighted by molar-refractivity contribution is -0.168. The largest absolute Gasteiger partial charge is 0.367 e. The zero-order chi connectivity index (χ0) is 14.6. The predicted molar refractivity (Wildman–Crippen MR) is 56.5 cm³/mol. The number of nitrogens with one attached hydrogen (secondary N) is 1. The molecule has 0 bridgehead atoms. The molecule has 1 aromatic heterocycles. The molecule has 0 radical (unpaired) electrons. The summed E-state index contributed by atoms with van der Waals surface area (Å²) in [6, 6.07) is 0. The molecule has 0 aromatic carbocycles. The van der Waals surface area contributed by atoms with E-state index in [-0.39, 0.29) is 11.7 Å². The number of ether oxygens (including phenoxy) is 2. The summed E-state index contributed by atoms with van der Waals surface area (Å²) in [5.41, 5.74) is 0. The first-order valence-electron chi connectivity index (χ1n) is 5.87. The lowest BCUT2D eigenvalue weighted by Crippen LogP contribution is -2.33. The van der Waals surface area contributed by atoms with Crippen molar-refractivity contribution in [1.29, 1.82) is 0 Å². The molecule has 20 heavy (non-hydrogen) atoms. The van der Waals surface area contributed by atoms with Crippen LogP contribution in [0.2, 0.25) is 0 Å². The minimum Gasteiger partial charge on any atom is -0.367 e. The fourth-order valence-corrected chi connectivity index (χ4v) is 1.52. The van der Waals surface area contributed by atoms with Crippen LogP contribution >= 0.6 is 0 Å². The van der Waals surface area contributed by atoms with E-state index in [0.29, 0.717) is 19.7 Å². The molecule has 2 heterocycles. The Morgan fingerprint density at radius 2 is 2.25 bits per heavy atom. The predicted octanol–water partition coefficient (Wildman–Crippen LogP) is 1.15. The van der Waals surface area contributed by atoms with Crippen LogP contribution in [0.3, 0.4) is 0 Å². The van der Waals surface area contributed by atoms with Gasteiger partial charge in [0.05, 0.1) is 6.61 Å². The molecule has 10 heteroatoms. The van der Waals surface area contributed by atoms with Crippen molar-refractivity contribution in [1.82, 2.24) is 15.5 Å². The summed E-state index contributed by atoms with van der Waals surface area (Å²) < 4.78 is 63.6. The van der Waals surface area contributed by atoms with Gasteiger partial charge in [-0.15, -0.1) is 0 Å². The standard InChI is InChI=1S/C10H13F4N3O3/c11-9(12)10(13,14)5-18-4-7-16-8(20-17-7)6-3-15-1-2-19-6/h6,9,15H,1-5H2. The first-order valence-corrected chi connectivity index (χ1v) is 5.87. The minimum absolute atomic E-state index is 0.000704. The van der Waals surface area contributed by atoms with Gasteiger partial charge in [0.1, 0.15) is 19.3 Å². The maximum atomic E-state index is 12.6. The number of alkyl halides is 4. The lowest BCUT2D eigenvalue weighted by atomic mass is 10.3. The number of rotatable bonds is 6. The van der Waals surface area contributed by atoms with Crippen LogP contribution < -0.4 is 5.32 Å². The van der Waals surface area contributed by atoms with Gasteiger partial charge in [-0.2, -0.15) is 13.8 Å². The average molecular weight is 299 g/mol. The van der Waals surface area contributed by atoms with Crippen molar-refractivity contribution in [3.05, 3.63) is 11.7 Å². The Hall–Kier alpha value is -1.26. The highest BCUT2D eigenvalue weighted by atomic mass is 19.3. The fraction of sp³-hybridized carbons (Fsp3) is 0.800. The highest BCUT2D eigenvalue weighted by Gasteiger charge is 2.41. The number of hydrogen-bond donors (Lipinski definition) is 1. The van der Waals surface area contributed by atoms with Crippen molar-refractivity contribution in [3.63, 3.8) is 0 Å². The third-order valence-electron chi connectivity index (χ3n) is 2.53. The molecule has 0 amide bonds. The van der Waals surface area contributed by atoms with E-state index < -0.39 is 31.7 Å². The zero-order valence-electron chi connectivity index (χ0n) is 10.3. The lowest BCUT2D eigenvalue weighted by Gasteiger charge is -2.19. The van der Waals surface area contributed by atoms with Gasteiger partial charge in [0.2, 0.25) is 0 Å². The topological polar surface area (TPSA) is 69.4 Å². The summed E-state index contributed by atoms with van der Waals surface area (Å²) >= 11 is 0. The van der Waals surface area contributed by atoms with Gasteiger partial charge >= 0.3 is 12.3 Å². The molecule has 0 spiro atoms. The monoisotopic (exact) mass is 299 g/mol. The Kier molecular flexibility index (Phi) is 4.89. The number of aromatic nitrogens is 2. The summed E-state index contributed by atoms with van der Waals surface area (Å²) in [5.74, 6) is -4.00. The highest BCUT2D eigenvalue weighted by molar-refractivity contribution is 4.91. The van der Waals surface area contributed by atoms with Gasteiger partial charge in [0, 0.05) is 13.1 Å². The normalized spacial score (nSPS) is 20.6. The third-order valence-corrected chi connectivity index (χ3v) is 2.53. The van der Waals surface area contributed by atoms with Crippen LogP contribution in [0.5, 0.6) is 0 Å². The van der Waals surface area contributed by atoms with Gasteiger partial charge < -0.3 is 19.3 Å². The molecule has 1 aromatic rings. The van der Waals surface area contributed by atoms with Gasteiger partial charge in [-0.25, -0.2) is 8.78 Å². The van der Waals surface area contributed by atoms with Gasteiger partial charge in [-0.3, -0.25) is 0 Å². The average Bonchev–Trinajstić information content (AvgIpc) is 2.88. The molecule has 1 aliphatic rings. The molecule has 0 aliphatic carbocycles. The molecular weight excluding hydrogens is 286 g/mol. The first kappa shape index (κ1) is 15.1. The van der Waals surface area contributed by atoms with Crippen molar-refractivity contribution >= 4 is 0 Å². The van der Waals surface area contributed by atoms with Crippen molar-refractivity contribution in [2.45, 2.75) is 25.1 Å². The van der Waals surface area contributed by atoms with E-state index in [1.807, 2.05) is 0 Å². The Bertz CT molecular complexity index is 424. The van der Waals surface area contributed by atoms with E-state index >= 15 is 0 Å². The van der Waals surface area contributed by atoms with Gasteiger partial charge in [0.25, 0.3) is 5.89 Å². The Morgan fingerprint density at radius 3 is 2.90 bits per heavy atom. The molecule has 0 saturated carbocycles. The molecule has 114 valence electrons. The Morgan fingerprint density at radius 1 is 1.45 bits per heavy atom. The SMILES string of the molecule is FC(F)C(F)(F)COCc1noc(C2CNCCO2)n1. The van der Waals surface area contributed by atoms with Gasteiger partial charge in [-0.05, 0) is 0 Å². The molecule has 1 unspecified atom stereocenters. The van der Waals surface area contributed by atoms with Crippen molar-refractivity contribution < 1.29 is 31.6 Å². The van der Waals surface area contributed by atoms with Crippen LogP contribution in [0.25, 0.3) is 0 Å². The second-order valence-electron chi connectivity index (χ2n) is 4.17. The molecule has 1 fully saturated rings. The van der Waals surface area contributed by atoms with Gasteiger partial charge in [0.15, 0.2) is 5.82 Å². The van der Waals surface area contributed by atoms with Gasteiger partial charge in [-0.1, -0.05) is 5.16 Å². The van der Waals surface area contributed by atoms with E-state index in [9.17, 15) is 17.6 Å². The van der Waals surface area contributed by atoms with Crippen molar-refractivity contribution in [2.75, 3.05) is 26.3 Å². The fourth-order valence-electron chi connectivity index (χ4n) is 1.52. The van der Waals surface area contributed by atoms with Crippen molar-refractivity contribution in [3.8, 4) is 0 Å². The quantitative estimate of drug-likeness (QED) is 0.795. The van der Waals surface area contributed by atoms with Crippen LogP contribution in [-0.4, -0.2) is 48.8 Å². The number of hydrogen-bond acceptors (Lipinski definition) is 6. The zero-order valence-corrected chi connectivity index (χ0v) is 10.3. The molecule has 2 rings (SSSR count). The summed E-state index contributed by atoms with van der Waals surface area (Å²) in [4.78, 5) is 3.90. The summed E-state index contributed by atoms with van der Waals surface area (Å²) in [6.45, 7) is -0.156. The molecule has 1 aliphatic heterocycles. The summed E-state index contributed by atoms with van der Waals surface area (Å²) in [5, 5.41) is 6.56. The first-order chi connectivity index (χ1) is 9.49. The smallest absolute Gasteiger partial charge is 0.330 e. The number of morpholine rings is 1. The number of nitrogens with zero attached hydrogens (tertiary/aromatic N) is 2. The minimum atomic E-state index is -4.19. The third kappa shape index (κ3) is 3.87. The van der Waals surface area contributed by atoms with Crippen LogP contribution in [0, 0.1) is 0 Å².